The summed E-state index contributed by atoms with van der Waals surface area (Å²) in [5.41, 5.74) is 2.21. The van der Waals surface area contributed by atoms with Crippen molar-refractivity contribution in [1.82, 2.24) is 20.8 Å². The smallest absolute Gasteiger partial charge is 0.351 e. The van der Waals surface area contributed by atoms with E-state index in [0.29, 0.717) is 30.8 Å². The number of hydrogen-bond acceptors (Lipinski definition) is 3. The Balaban J connectivity index is 0.00000261. The van der Waals surface area contributed by atoms with E-state index in [2.05, 4.69) is 20.8 Å². The molecule has 3 rings (SSSR count). The van der Waals surface area contributed by atoms with Gasteiger partial charge in [-0.2, -0.15) is 18.3 Å². The Bertz CT molecular complexity index is 791. The highest BCUT2D eigenvalue weighted by atomic mass is 35.5. The van der Waals surface area contributed by atoms with Crippen molar-refractivity contribution in [3.05, 3.63) is 52.3 Å². The SMILES string of the molecule is CC(CCNC(=O)c1n[nH]c2c1CNCC2)c1cccc(C(F)(F)F)c1.Cl. The first-order valence-electron chi connectivity index (χ1n) is 8.58. The number of carbonyl (C=O) groups excluding carboxylic acids is 1. The lowest BCUT2D eigenvalue weighted by Gasteiger charge is -2.15. The van der Waals surface area contributed by atoms with Crippen LogP contribution in [0.25, 0.3) is 0 Å². The molecular formula is C18H22ClF3N4O. The minimum absolute atomic E-state index is 0. The predicted molar refractivity (Wildman–Crippen MR) is 98.1 cm³/mol. The number of carbonyl (C=O) groups is 1. The minimum Gasteiger partial charge on any atom is -0.351 e. The number of benzene rings is 1. The maximum absolute atomic E-state index is 12.8. The van der Waals surface area contributed by atoms with Crippen LogP contribution in [0.4, 0.5) is 13.2 Å². The Morgan fingerprint density at radius 3 is 2.89 bits per heavy atom. The predicted octanol–water partition coefficient (Wildman–Crippen LogP) is 3.42. The van der Waals surface area contributed by atoms with Crippen LogP contribution in [0.5, 0.6) is 0 Å². The molecule has 1 amide bonds. The average molecular weight is 403 g/mol. The van der Waals surface area contributed by atoms with Gasteiger partial charge in [0.05, 0.1) is 5.56 Å². The van der Waals surface area contributed by atoms with Gasteiger partial charge in [-0.25, -0.2) is 0 Å². The largest absolute Gasteiger partial charge is 0.416 e. The first-order chi connectivity index (χ1) is 12.4. The van der Waals surface area contributed by atoms with E-state index in [1.165, 1.54) is 12.1 Å². The number of aromatic nitrogens is 2. The molecule has 0 spiro atoms. The molecule has 2 heterocycles. The van der Waals surface area contributed by atoms with E-state index < -0.39 is 11.7 Å². The molecule has 148 valence electrons. The molecule has 5 nitrogen and oxygen atoms in total. The number of hydrogen-bond donors (Lipinski definition) is 3. The summed E-state index contributed by atoms with van der Waals surface area (Å²) in [6.07, 6.45) is -3.00. The second kappa shape index (κ2) is 8.75. The normalized spacial score (nSPS) is 14.8. The summed E-state index contributed by atoms with van der Waals surface area (Å²) < 4.78 is 38.4. The molecule has 1 aromatic heterocycles. The van der Waals surface area contributed by atoms with Gasteiger partial charge in [0, 0.05) is 37.3 Å². The summed E-state index contributed by atoms with van der Waals surface area (Å²) in [7, 11) is 0. The Morgan fingerprint density at radius 2 is 2.15 bits per heavy atom. The molecule has 0 bridgehead atoms. The van der Waals surface area contributed by atoms with Crippen molar-refractivity contribution in [1.29, 1.82) is 0 Å². The molecule has 27 heavy (non-hydrogen) atoms. The average Bonchev–Trinajstić information content (AvgIpc) is 3.05. The third-order valence-corrected chi connectivity index (χ3v) is 4.67. The van der Waals surface area contributed by atoms with Crippen LogP contribution in [0.3, 0.4) is 0 Å². The number of aromatic amines is 1. The van der Waals surface area contributed by atoms with Crippen LogP contribution < -0.4 is 10.6 Å². The molecule has 1 aromatic carbocycles. The zero-order valence-electron chi connectivity index (χ0n) is 14.8. The second-order valence-corrected chi connectivity index (χ2v) is 6.52. The van der Waals surface area contributed by atoms with Crippen molar-refractivity contribution in [2.45, 2.75) is 38.4 Å². The molecule has 3 N–H and O–H groups in total. The first kappa shape index (κ1) is 21.2. The quantitative estimate of drug-likeness (QED) is 0.717. The highest BCUT2D eigenvalue weighted by Gasteiger charge is 2.30. The van der Waals surface area contributed by atoms with Crippen LogP contribution >= 0.6 is 12.4 Å². The van der Waals surface area contributed by atoms with Crippen LogP contribution in [0.1, 0.15) is 52.1 Å². The van der Waals surface area contributed by atoms with Crippen molar-refractivity contribution in [2.24, 2.45) is 0 Å². The fourth-order valence-corrected chi connectivity index (χ4v) is 3.09. The van der Waals surface area contributed by atoms with Gasteiger partial charge in [0.2, 0.25) is 0 Å². The van der Waals surface area contributed by atoms with E-state index in [0.717, 1.165) is 30.3 Å². The molecule has 0 aliphatic carbocycles. The molecular weight excluding hydrogens is 381 g/mol. The van der Waals surface area contributed by atoms with Crippen molar-refractivity contribution < 1.29 is 18.0 Å². The second-order valence-electron chi connectivity index (χ2n) is 6.52. The molecule has 1 atom stereocenters. The molecule has 1 aliphatic heterocycles. The van der Waals surface area contributed by atoms with Gasteiger partial charge >= 0.3 is 6.18 Å². The summed E-state index contributed by atoms with van der Waals surface area (Å²) >= 11 is 0. The number of halogens is 4. The Morgan fingerprint density at radius 1 is 1.37 bits per heavy atom. The Kier molecular flexibility index (Phi) is 6.89. The standard InChI is InChI=1S/C18H21F3N4O.ClH/c1-11(12-3-2-4-13(9-12)18(19,20)21)5-8-23-17(26)16-14-10-22-7-6-15(14)24-25-16;/h2-4,9,11,22H,5-8,10H2,1H3,(H,23,26)(H,24,25);1H. The number of nitrogens with one attached hydrogen (secondary N) is 3. The van der Waals surface area contributed by atoms with E-state index in [4.69, 9.17) is 0 Å². The lowest BCUT2D eigenvalue weighted by Crippen LogP contribution is -2.29. The summed E-state index contributed by atoms with van der Waals surface area (Å²) in [5.74, 6) is -0.366. The van der Waals surface area contributed by atoms with Crippen molar-refractivity contribution in [3.63, 3.8) is 0 Å². The van der Waals surface area contributed by atoms with Crippen LogP contribution in [-0.2, 0) is 19.1 Å². The maximum Gasteiger partial charge on any atom is 0.416 e. The van der Waals surface area contributed by atoms with Crippen LogP contribution in [0.2, 0.25) is 0 Å². The zero-order chi connectivity index (χ0) is 18.7. The number of fused-ring (bicyclic) bond motifs is 1. The van der Waals surface area contributed by atoms with Gasteiger partial charge in [0.1, 0.15) is 0 Å². The van der Waals surface area contributed by atoms with E-state index in [9.17, 15) is 18.0 Å². The Labute approximate surface area is 161 Å². The third-order valence-electron chi connectivity index (χ3n) is 4.67. The molecule has 0 radical (unpaired) electrons. The van der Waals surface area contributed by atoms with Gasteiger partial charge in [0.15, 0.2) is 5.69 Å². The highest BCUT2D eigenvalue weighted by molar-refractivity contribution is 5.94. The maximum atomic E-state index is 12.8. The molecule has 0 fully saturated rings. The molecule has 1 aliphatic rings. The molecule has 1 unspecified atom stereocenters. The van der Waals surface area contributed by atoms with Crippen LogP contribution in [0, 0.1) is 0 Å². The number of H-pyrrole nitrogens is 1. The third kappa shape index (κ3) is 5.01. The summed E-state index contributed by atoms with van der Waals surface area (Å²) in [5, 5.41) is 13.0. The molecule has 0 saturated carbocycles. The fourth-order valence-electron chi connectivity index (χ4n) is 3.09. The van der Waals surface area contributed by atoms with Crippen LogP contribution in [0.15, 0.2) is 24.3 Å². The minimum atomic E-state index is -4.35. The van der Waals surface area contributed by atoms with E-state index in [1.54, 1.807) is 6.07 Å². The monoisotopic (exact) mass is 402 g/mol. The molecule has 0 saturated heterocycles. The summed E-state index contributed by atoms with van der Waals surface area (Å²) in [6, 6.07) is 5.32. The van der Waals surface area contributed by atoms with E-state index in [-0.39, 0.29) is 24.2 Å². The van der Waals surface area contributed by atoms with Gasteiger partial charge in [-0.3, -0.25) is 9.89 Å². The highest BCUT2D eigenvalue weighted by Crippen LogP contribution is 2.31. The first-order valence-corrected chi connectivity index (χ1v) is 8.58. The van der Waals surface area contributed by atoms with E-state index >= 15 is 0 Å². The van der Waals surface area contributed by atoms with Crippen molar-refractivity contribution in [3.8, 4) is 0 Å². The lowest BCUT2D eigenvalue weighted by atomic mass is 9.96. The fraction of sp³-hybridized carbons (Fsp3) is 0.444. The van der Waals surface area contributed by atoms with E-state index in [1.807, 2.05) is 6.92 Å². The van der Waals surface area contributed by atoms with Gasteiger partial charge in [-0.15, -0.1) is 12.4 Å². The van der Waals surface area contributed by atoms with Crippen molar-refractivity contribution in [2.75, 3.05) is 13.1 Å². The van der Waals surface area contributed by atoms with Gasteiger partial charge in [-0.05, 0) is 24.0 Å². The number of rotatable bonds is 5. The Hall–Kier alpha value is -2.06. The topological polar surface area (TPSA) is 69.8 Å². The number of nitrogens with zero attached hydrogens (tertiary/aromatic N) is 1. The lowest BCUT2D eigenvalue weighted by molar-refractivity contribution is -0.137. The number of amides is 1. The summed E-state index contributed by atoms with van der Waals surface area (Å²) in [4.78, 5) is 12.3. The van der Waals surface area contributed by atoms with Gasteiger partial charge in [0.25, 0.3) is 5.91 Å². The zero-order valence-corrected chi connectivity index (χ0v) is 15.6. The molecule has 9 heteroatoms. The molecule has 2 aromatic rings. The van der Waals surface area contributed by atoms with Gasteiger partial charge < -0.3 is 10.6 Å². The summed E-state index contributed by atoms with van der Waals surface area (Å²) in [6.45, 7) is 3.67. The van der Waals surface area contributed by atoms with Crippen LogP contribution in [-0.4, -0.2) is 29.2 Å². The number of alkyl halides is 3. The van der Waals surface area contributed by atoms with Gasteiger partial charge in [-0.1, -0.05) is 25.1 Å². The van der Waals surface area contributed by atoms with Crippen molar-refractivity contribution >= 4 is 18.3 Å².